The molecule has 1 spiro atoms. The van der Waals surface area contributed by atoms with Crippen molar-refractivity contribution in [2.24, 2.45) is 5.41 Å². The Morgan fingerprint density at radius 1 is 1.10 bits per heavy atom. The van der Waals surface area contributed by atoms with Crippen LogP contribution in [0.5, 0.6) is 11.5 Å². The second-order valence-corrected chi connectivity index (χ2v) is 11.0. The van der Waals surface area contributed by atoms with Gasteiger partial charge in [-0.05, 0) is 60.3 Å². The number of tetrazole rings is 1. The number of nitrogens with one attached hydrogen (secondary N) is 1. The van der Waals surface area contributed by atoms with Crippen LogP contribution in [0.25, 0.3) is 11.1 Å². The van der Waals surface area contributed by atoms with E-state index in [1.165, 1.54) is 6.33 Å². The van der Waals surface area contributed by atoms with E-state index in [1.54, 1.807) is 54.5 Å². The number of benzene rings is 2. The molecule has 1 amide bonds. The number of likely N-dealkylation sites (tertiary alicyclic amines) is 2. The van der Waals surface area contributed by atoms with E-state index in [1.807, 2.05) is 17.9 Å². The van der Waals surface area contributed by atoms with Crippen molar-refractivity contribution in [3.05, 3.63) is 66.2 Å². The number of nitrogens with zero attached hydrogens (tertiary/aromatic N) is 9. The average Bonchev–Trinajstić information content (AvgIpc) is 3.47. The van der Waals surface area contributed by atoms with Crippen molar-refractivity contribution in [2.75, 3.05) is 45.7 Å². The van der Waals surface area contributed by atoms with Gasteiger partial charge >= 0.3 is 0 Å². The zero-order valence-electron chi connectivity index (χ0n) is 23.6. The van der Waals surface area contributed by atoms with Gasteiger partial charge in [-0.2, -0.15) is 5.26 Å². The first-order valence-electron chi connectivity index (χ1n) is 13.5. The number of amides is 1. The van der Waals surface area contributed by atoms with Crippen molar-refractivity contribution in [2.45, 2.75) is 19.6 Å². The van der Waals surface area contributed by atoms with E-state index in [-0.39, 0.29) is 17.4 Å². The smallest absolute Gasteiger partial charge is 0.253 e. The Balaban J connectivity index is 1.15. The monoisotopic (exact) mass is 566 g/mol. The molecule has 0 saturated carbocycles. The molecule has 214 valence electrons. The first kappa shape index (κ1) is 27.1. The summed E-state index contributed by atoms with van der Waals surface area (Å²) in [6.45, 7) is 5.96. The SMILES string of the molecule is COc1ccc(C(=O)N2CC3(CN(C)C3)C2)cc1Nc1ncc(-c2ccc(C#N)c(O[C@@H](C)Cn3cnnn3)c2)cn1. The van der Waals surface area contributed by atoms with Crippen LogP contribution in [-0.4, -0.2) is 92.3 Å². The Bertz CT molecular complexity index is 1620. The van der Waals surface area contributed by atoms with E-state index in [2.05, 4.69) is 48.8 Å². The molecule has 2 aliphatic rings. The van der Waals surface area contributed by atoms with Gasteiger partial charge < -0.3 is 24.6 Å². The molecule has 4 heterocycles. The van der Waals surface area contributed by atoms with Crippen LogP contribution in [-0.2, 0) is 6.54 Å². The van der Waals surface area contributed by atoms with Crippen LogP contribution in [0.15, 0.2) is 55.1 Å². The van der Waals surface area contributed by atoms with E-state index in [0.717, 1.165) is 37.3 Å². The Morgan fingerprint density at radius 2 is 1.88 bits per heavy atom. The van der Waals surface area contributed by atoms with Gasteiger partial charge in [0.25, 0.3) is 5.91 Å². The molecule has 1 N–H and O–H groups in total. The maximum absolute atomic E-state index is 13.1. The molecule has 42 heavy (non-hydrogen) atoms. The van der Waals surface area contributed by atoms with E-state index < -0.39 is 0 Å². The van der Waals surface area contributed by atoms with Gasteiger partial charge in [-0.1, -0.05) is 6.07 Å². The molecule has 2 aromatic carbocycles. The Kier molecular flexibility index (Phi) is 7.13. The highest BCUT2D eigenvalue weighted by molar-refractivity contribution is 5.96. The minimum Gasteiger partial charge on any atom is -0.495 e. The van der Waals surface area contributed by atoms with Gasteiger partial charge in [0.15, 0.2) is 0 Å². The average molecular weight is 567 g/mol. The summed E-state index contributed by atoms with van der Waals surface area (Å²) in [5.41, 5.74) is 3.39. The molecule has 6 rings (SSSR count). The first-order valence-corrected chi connectivity index (χ1v) is 13.5. The van der Waals surface area contributed by atoms with E-state index >= 15 is 0 Å². The molecule has 13 nitrogen and oxygen atoms in total. The Labute approximate surface area is 242 Å². The summed E-state index contributed by atoms with van der Waals surface area (Å²) >= 11 is 0. The number of aromatic nitrogens is 6. The maximum Gasteiger partial charge on any atom is 0.253 e. The molecule has 0 radical (unpaired) electrons. The number of hydrogen-bond acceptors (Lipinski definition) is 11. The number of methoxy groups -OCH3 is 1. The van der Waals surface area contributed by atoms with Crippen molar-refractivity contribution in [1.29, 1.82) is 5.26 Å². The van der Waals surface area contributed by atoms with Crippen LogP contribution in [0.1, 0.15) is 22.8 Å². The van der Waals surface area contributed by atoms with Crippen molar-refractivity contribution >= 4 is 17.5 Å². The minimum atomic E-state index is -0.279. The van der Waals surface area contributed by atoms with Crippen molar-refractivity contribution < 1.29 is 14.3 Å². The number of carbonyl (C=O) groups excluding carboxylic acids is 1. The first-order chi connectivity index (χ1) is 20.3. The quantitative estimate of drug-likeness (QED) is 0.319. The van der Waals surface area contributed by atoms with Gasteiger partial charge in [-0.3, -0.25) is 4.79 Å². The minimum absolute atomic E-state index is 0.00302. The summed E-state index contributed by atoms with van der Waals surface area (Å²) in [7, 11) is 3.68. The molecule has 1 atom stereocenters. The summed E-state index contributed by atoms with van der Waals surface area (Å²) < 4.78 is 13.1. The van der Waals surface area contributed by atoms with Gasteiger partial charge in [0.1, 0.15) is 30.0 Å². The second kappa shape index (κ2) is 11.1. The fraction of sp³-hybridized carbons (Fsp3) is 0.345. The molecule has 13 heteroatoms. The highest BCUT2D eigenvalue weighted by Gasteiger charge is 2.51. The van der Waals surface area contributed by atoms with Gasteiger partial charge in [0.05, 0.1) is 24.9 Å². The fourth-order valence-electron chi connectivity index (χ4n) is 5.66. The van der Waals surface area contributed by atoms with E-state index in [9.17, 15) is 10.1 Å². The number of rotatable bonds is 9. The van der Waals surface area contributed by atoms with Gasteiger partial charge in [-0.15, -0.1) is 5.10 Å². The van der Waals surface area contributed by atoms with Gasteiger partial charge in [0, 0.05) is 55.1 Å². The lowest BCUT2D eigenvalue weighted by molar-refractivity contribution is -0.0872. The molecule has 0 aliphatic carbocycles. The van der Waals surface area contributed by atoms with Crippen LogP contribution in [0.4, 0.5) is 11.6 Å². The van der Waals surface area contributed by atoms with Gasteiger partial charge in [0.2, 0.25) is 5.95 Å². The standard InChI is InChI=1S/C29H30N10O3/c1-19(13-39-18-33-35-36-39)42-26-9-20(4-5-22(26)10-30)23-11-31-28(32-12-23)34-24-8-21(6-7-25(24)41-3)27(40)38-16-29(17-38)14-37(2)15-29/h4-9,11-12,18-19H,13-17H2,1-3H3,(H,31,32,34)/t19-/m0/s1. The highest BCUT2D eigenvalue weighted by atomic mass is 16.5. The zero-order chi connectivity index (χ0) is 29.3. The van der Waals surface area contributed by atoms with E-state index in [4.69, 9.17) is 9.47 Å². The fourth-order valence-corrected chi connectivity index (χ4v) is 5.66. The maximum atomic E-state index is 13.1. The number of carbonyl (C=O) groups is 1. The molecular weight excluding hydrogens is 536 g/mol. The second-order valence-electron chi connectivity index (χ2n) is 11.0. The van der Waals surface area contributed by atoms with Crippen LogP contribution in [0, 0.1) is 16.7 Å². The molecule has 0 unspecified atom stereocenters. The molecule has 2 aromatic heterocycles. The largest absolute Gasteiger partial charge is 0.495 e. The normalized spacial score (nSPS) is 16.2. The molecule has 2 aliphatic heterocycles. The lowest BCUT2D eigenvalue weighted by Crippen LogP contribution is -2.72. The summed E-state index contributed by atoms with van der Waals surface area (Å²) in [5.74, 6) is 1.37. The van der Waals surface area contributed by atoms with Crippen molar-refractivity contribution in [3.63, 3.8) is 0 Å². The zero-order valence-corrected chi connectivity index (χ0v) is 23.6. The number of nitriles is 1. The number of hydrogen-bond donors (Lipinski definition) is 1. The lowest BCUT2D eigenvalue weighted by atomic mass is 9.73. The predicted octanol–water partition coefficient (Wildman–Crippen LogP) is 2.61. The lowest BCUT2D eigenvalue weighted by Gasteiger charge is -2.59. The predicted molar refractivity (Wildman–Crippen MR) is 152 cm³/mol. The highest BCUT2D eigenvalue weighted by Crippen LogP contribution is 2.40. The van der Waals surface area contributed by atoms with Crippen LogP contribution in [0.2, 0.25) is 0 Å². The third kappa shape index (κ3) is 5.44. The Hall–Kier alpha value is -5.09. The van der Waals surface area contributed by atoms with Gasteiger partial charge in [-0.25, -0.2) is 14.6 Å². The summed E-state index contributed by atoms with van der Waals surface area (Å²) in [4.78, 5) is 26.3. The molecule has 0 bridgehead atoms. The summed E-state index contributed by atoms with van der Waals surface area (Å²) in [5, 5.41) is 23.9. The van der Waals surface area contributed by atoms with Crippen LogP contribution < -0.4 is 14.8 Å². The Morgan fingerprint density at radius 3 is 2.55 bits per heavy atom. The van der Waals surface area contributed by atoms with Crippen LogP contribution in [0.3, 0.4) is 0 Å². The summed E-state index contributed by atoms with van der Waals surface area (Å²) in [6.07, 6.45) is 4.59. The van der Waals surface area contributed by atoms with Crippen molar-refractivity contribution in [3.8, 4) is 28.7 Å². The summed E-state index contributed by atoms with van der Waals surface area (Å²) in [6, 6.07) is 12.8. The number of ether oxygens (including phenoxy) is 2. The third-order valence-corrected chi connectivity index (χ3v) is 7.49. The number of anilines is 2. The molecule has 2 fully saturated rings. The topological polar surface area (TPSA) is 147 Å². The molecule has 2 saturated heterocycles. The molecule has 4 aromatic rings. The molecular formula is C29H30N10O3. The van der Waals surface area contributed by atoms with E-state index in [0.29, 0.717) is 40.8 Å². The van der Waals surface area contributed by atoms with Crippen LogP contribution >= 0.6 is 0 Å². The third-order valence-electron chi connectivity index (χ3n) is 7.49. The van der Waals surface area contributed by atoms with Crippen molar-refractivity contribution in [1.82, 2.24) is 40.0 Å².